The Morgan fingerprint density at radius 1 is 0.968 bits per heavy atom. The highest BCUT2D eigenvalue weighted by Crippen LogP contribution is 2.15. The summed E-state index contributed by atoms with van der Waals surface area (Å²) in [7, 11) is 0. The van der Waals surface area contributed by atoms with Gasteiger partial charge in [0.25, 0.3) is 5.91 Å². The van der Waals surface area contributed by atoms with Crippen LogP contribution in [0, 0.1) is 5.82 Å². The van der Waals surface area contributed by atoms with Crippen molar-refractivity contribution in [2.45, 2.75) is 6.61 Å². The van der Waals surface area contributed by atoms with E-state index in [1.54, 1.807) is 36.5 Å². The van der Waals surface area contributed by atoms with Crippen LogP contribution in [-0.4, -0.2) is 16.7 Å². The van der Waals surface area contributed by atoms with Gasteiger partial charge in [0, 0.05) is 12.4 Å². The van der Waals surface area contributed by atoms with Crippen LogP contribution >= 0.6 is 0 Å². The smallest absolute Gasteiger partial charge is 0.273 e. The van der Waals surface area contributed by atoms with Gasteiger partial charge in [0.15, 0.2) is 0 Å². The number of hydrogen-bond donors (Lipinski definition) is 1. The Hall–Kier alpha value is -4.19. The molecule has 3 aromatic carbocycles. The Labute approximate surface area is 179 Å². The molecule has 1 aromatic heterocycles. The largest absolute Gasteiger partial charge is 0.489 e. The molecule has 0 saturated carbocycles. The topological polar surface area (TPSA) is 55.6 Å². The SMILES string of the molecule is O=C(N/N=C/c1ccc(OCc2cccc(F)c2)cc1)c1ccccc1-n1cccc1. The number of carbonyl (C=O) groups is 1. The van der Waals surface area contributed by atoms with E-state index in [0.717, 1.165) is 16.8 Å². The molecule has 0 fully saturated rings. The summed E-state index contributed by atoms with van der Waals surface area (Å²) < 4.78 is 20.8. The molecular formula is C25H20FN3O2. The van der Waals surface area contributed by atoms with Gasteiger partial charge >= 0.3 is 0 Å². The molecule has 0 bridgehead atoms. The number of amides is 1. The molecule has 0 atom stereocenters. The third-order valence-electron chi connectivity index (χ3n) is 4.59. The van der Waals surface area contributed by atoms with Crippen molar-refractivity contribution in [2.24, 2.45) is 5.10 Å². The van der Waals surface area contributed by atoms with Crippen molar-refractivity contribution in [3.63, 3.8) is 0 Å². The number of hydrazone groups is 1. The van der Waals surface area contributed by atoms with Crippen molar-refractivity contribution in [3.05, 3.63) is 120 Å². The predicted molar refractivity (Wildman–Crippen MR) is 118 cm³/mol. The van der Waals surface area contributed by atoms with Gasteiger partial charge in [0.1, 0.15) is 18.2 Å². The first-order valence-corrected chi connectivity index (χ1v) is 9.72. The van der Waals surface area contributed by atoms with Crippen LogP contribution in [-0.2, 0) is 6.61 Å². The molecule has 0 radical (unpaired) electrons. The molecule has 31 heavy (non-hydrogen) atoms. The molecule has 0 spiro atoms. The van der Waals surface area contributed by atoms with Gasteiger partial charge in [-0.15, -0.1) is 0 Å². The Kier molecular flexibility index (Phi) is 6.18. The average Bonchev–Trinajstić information content (AvgIpc) is 3.33. The molecule has 0 aliphatic rings. The number of hydrogen-bond acceptors (Lipinski definition) is 3. The zero-order chi connectivity index (χ0) is 21.5. The minimum Gasteiger partial charge on any atom is -0.489 e. The molecule has 1 amide bonds. The zero-order valence-corrected chi connectivity index (χ0v) is 16.6. The van der Waals surface area contributed by atoms with E-state index in [-0.39, 0.29) is 18.3 Å². The van der Waals surface area contributed by atoms with Crippen molar-refractivity contribution in [1.82, 2.24) is 9.99 Å². The van der Waals surface area contributed by atoms with E-state index in [9.17, 15) is 9.18 Å². The van der Waals surface area contributed by atoms with Gasteiger partial charge in [-0.1, -0.05) is 24.3 Å². The second-order valence-corrected chi connectivity index (χ2v) is 6.79. The fourth-order valence-corrected chi connectivity index (χ4v) is 3.06. The van der Waals surface area contributed by atoms with Gasteiger partial charge in [-0.2, -0.15) is 5.10 Å². The minimum atomic E-state index is -0.296. The summed E-state index contributed by atoms with van der Waals surface area (Å²) in [6, 6.07) is 24.7. The zero-order valence-electron chi connectivity index (χ0n) is 16.6. The van der Waals surface area contributed by atoms with Crippen molar-refractivity contribution < 1.29 is 13.9 Å². The summed E-state index contributed by atoms with van der Waals surface area (Å²) in [5.74, 6) is 0.0763. The lowest BCUT2D eigenvalue weighted by Crippen LogP contribution is -2.19. The third-order valence-corrected chi connectivity index (χ3v) is 4.59. The molecule has 4 rings (SSSR count). The summed E-state index contributed by atoms with van der Waals surface area (Å²) in [6.45, 7) is 0.280. The summed E-state index contributed by atoms with van der Waals surface area (Å²) in [5, 5.41) is 4.06. The first kappa shape index (κ1) is 20.1. The van der Waals surface area contributed by atoms with Crippen LogP contribution in [0.1, 0.15) is 21.5 Å². The molecular weight excluding hydrogens is 393 g/mol. The van der Waals surface area contributed by atoms with Crippen molar-refractivity contribution in [3.8, 4) is 11.4 Å². The monoisotopic (exact) mass is 413 g/mol. The van der Waals surface area contributed by atoms with Crippen LogP contribution in [0.3, 0.4) is 0 Å². The van der Waals surface area contributed by atoms with E-state index in [4.69, 9.17) is 4.74 Å². The van der Waals surface area contributed by atoms with Crippen LogP contribution in [0.2, 0.25) is 0 Å². The van der Waals surface area contributed by atoms with Crippen LogP contribution in [0.15, 0.2) is 102 Å². The molecule has 0 aliphatic heterocycles. The Morgan fingerprint density at radius 3 is 2.52 bits per heavy atom. The number of benzene rings is 3. The number of para-hydroxylation sites is 1. The molecule has 0 aliphatic carbocycles. The van der Waals surface area contributed by atoms with Crippen LogP contribution in [0.5, 0.6) is 5.75 Å². The predicted octanol–water partition coefficient (Wildman–Crippen LogP) is 4.96. The molecule has 154 valence electrons. The van der Waals surface area contributed by atoms with Gasteiger partial charge < -0.3 is 9.30 Å². The highest BCUT2D eigenvalue weighted by atomic mass is 19.1. The Morgan fingerprint density at radius 2 is 1.74 bits per heavy atom. The van der Waals surface area contributed by atoms with Gasteiger partial charge in [-0.25, -0.2) is 9.82 Å². The van der Waals surface area contributed by atoms with Gasteiger partial charge in [-0.3, -0.25) is 4.79 Å². The Bertz CT molecular complexity index is 1190. The quantitative estimate of drug-likeness (QED) is 0.344. The number of carbonyl (C=O) groups excluding carboxylic acids is 1. The number of ether oxygens (including phenoxy) is 1. The average molecular weight is 413 g/mol. The number of halogens is 1. The van der Waals surface area contributed by atoms with Crippen molar-refractivity contribution >= 4 is 12.1 Å². The standard InChI is InChI=1S/C25H20FN3O2/c26-21-7-5-6-20(16-21)18-31-22-12-10-19(11-13-22)17-27-28-25(30)23-8-1-2-9-24(23)29-14-3-4-15-29/h1-17H,18H2,(H,28,30)/b27-17+. The molecule has 0 saturated heterocycles. The summed E-state index contributed by atoms with van der Waals surface area (Å²) in [4.78, 5) is 12.6. The lowest BCUT2D eigenvalue weighted by Gasteiger charge is -2.09. The molecule has 5 nitrogen and oxygen atoms in total. The highest BCUT2D eigenvalue weighted by molar-refractivity contribution is 5.98. The number of rotatable bonds is 7. The normalized spacial score (nSPS) is 10.9. The first-order chi connectivity index (χ1) is 15.2. The van der Waals surface area contributed by atoms with Crippen LogP contribution in [0.4, 0.5) is 4.39 Å². The summed E-state index contributed by atoms with van der Waals surface area (Å²) in [6.07, 6.45) is 5.33. The maximum atomic E-state index is 13.2. The molecule has 1 heterocycles. The maximum Gasteiger partial charge on any atom is 0.273 e. The Balaban J connectivity index is 1.35. The van der Waals surface area contributed by atoms with Crippen LogP contribution < -0.4 is 10.2 Å². The molecule has 1 N–H and O–H groups in total. The summed E-state index contributed by atoms with van der Waals surface area (Å²) >= 11 is 0. The van der Waals surface area contributed by atoms with E-state index < -0.39 is 0 Å². The van der Waals surface area contributed by atoms with Gasteiger partial charge in [-0.05, 0) is 71.8 Å². The lowest BCUT2D eigenvalue weighted by molar-refractivity contribution is 0.0955. The van der Waals surface area contributed by atoms with E-state index in [1.807, 2.05) is 59.4 Å². The van der Waals surface area contributed by atoms with E-state index in [1.165, 1.54) is 12.1 Å². The molecule has 0 unspecified atom stereocenters. The van der Waals surface area contributed by atoms with Gasteiger partial charge in [0.2, 0.25) is 0 Å². The third kappa shape index (κ3) is 5.25. The number of aromatic nitrogens is 1. The van der Waals surface area contributed by atoms with Gasteiger partial charge in [0.05, 0.1) is 17.5 Å². The first-order valence-electron chi connectivity index (χ1n) is 9.72. The minimum absolute atomic E-state index is 0.280. The van der Waals surface area contributed by atoms with E-state index >= 15 is 0 Å². The highest BCUT2D eigenvalue weighted by Gasteiger charge is 2.10. The molecule has 6 heteroatoms. The fourth-order valence-electron chi connectivity index (χ4n) is 3.06. The van der Waals surface area contributed by atoms with E-state index in [0.29, 0.717) is 11.3 Å². The van der Waals surface area contributed by atoms with E-state index in [2.05, 4.69) is 10.5 Å². The number of nitrogens with zero attached hydrogens (tertiary/aromatic N) is 2. The lowest BCUT2D eigenvalue weighted by atomic mass is 10.1. The fraction of sp³-hybridized carbons (Fsp3) is 0.0400. The molecule has 4 aromatic rings. The van der Waals surface area contributed by atoms with Crippen LogP contribution in [0.25, 0.3) is 5.69 Å². The van der Waals surface area contributed by atoms with Crippen molar-refractivity contribution in [1.29, 1.82) is 0 Å². The second-order valence-electron chi connectivity index (χ2n) is 6.79. The number of nitrogens with one attached hydrogen (secondary N) is 1. The second kappa shape index (κ2) is 9.54. The maximum absolute atomic E-state index is 13.2. The van der Waals surface area contributed by atoms with Crippen molar-refractivity contribution in [2.75, 3.05) is 0 Å². The summed E-state index contributed by atoms with van der Waals surface area (Å²) in [5.41, 5.74) is 5.43.